The van der Waals surface area contributed by atoms with Crippen LogP contribution in [0.1, 0.15) is 38.7 Å². The molecule has 0 bridgehead atoms. The molecule has 7 heteroatoms. The van der Waals surface area contributed by atoms with Crippen LogP contribution in [0.4, 0.5) is 0 Å². The smallest absolute Gasteiger partial charge is 0.242 e. The highest BCUT2D eigenvalue weighted by atomic mass is 32.2. The number of sulfonamides is 1. The molecule has 1 aliphatic carbocycles. The van der Waals surface area contributed by atoms with Gasteiger partial charge in [0.05, 0.1) is 10.6 Å². The predicted octanol–water partition coefficient (Wildman–Crippen LogP) is 3.11. The summed E-state index contributed by atoms with van der Waals surface area (Å²) in [5.41, 5.74) is 0.908. The molecular formula is C19H30N2O3S2. The topological polar surface area (TPSA) is 66.5 Å². The molecule has 2 rings (SSSR count). The fourth-order valence-corrected chi connectivity index (χ4v) is 5.06. The molecule has 0 saturated heterocycles. The Morgan fingerprint density at radius 1 is 1.27 bits per heavy atom. The largest absolute Gasteiger partial charge is 0.352 e. The van der Waals surface area contributed by atoms with Crippen molar-refractivity contribution in [2.24, 2.45) is 11.8 Å². The first-order valence-electron chi connectivity index (χ1n) is 9.10. The summed E-state index contributed by atoms with van der Waals surface area (Å²) in [6.07, 6.45) is 3.48. The van der Waals surface area contributed by atoms with E-state index in [1.54, 1.807) is 18.2 Å². The summed E-state index contributed by atoms with van der Waals surface area (Å²) in [7, 11) is -0.383. The lowest BCUT2D eigenvalue weighted by molar-refractivity contribution is -0.119. The van der Waals surface area contributed by atoms with Gasteiger partial charge in [0.15, 0.2) is 0 Å². The summed E-state index contributed by atoms with van der Waals surface area (Å²) in [5, 5.41) is 3.17. The highest BCUT2D eigenvalue weighted by Crippen LogP contribution is 2.29. The highest BCUT2D eigenvalue weighted by Gasteiger charge is 2.27. The molecule has 0 aliphatic heterocycles. The van der Waals surface area contributed by atoms with Gasteiger partial charge in [0, 0.05) is 25.9 Å². The molecule has 0 aromatic heterocycles. The lowest BCUT2D eigenvalue weighted by Crippen LogP contribution is -2.44. The molecule has 5 nitrogen and oxygen atoms in total. The van der Waals surface area contributed by atoms with E-state index < -0.39 is 10.0 Å². The van der Waals surface area contributed by atoms with Crippen LogP contribution in [0.5, 0.6) is 0 Å². The lowest BCUT2D eigenvalue weighted by atomic mass is 9.78. The second-order valence-electron chi connectivity index (χ2n) is 7.37. The van der Waals surface area contributed by atoms with Gasteiger partial charge in [-0.15, -0.1) is 11.8 Å². The van der Waals surface area contributed by atoms with Gasteiger partial charge in [-0.3, -0.25) is 4.79 Å². The van der Waals surface area contributed by atoms with E-state index in [1.807, 2.05) is 6.07 Å². The maximum Gasteiger partial charge on any atom is 0.242 e. The third-order valence-electron chi connectivity index (χ3n) is 5.23. The summed E-state index contributed by atoms with van der Waals surface area (Å²) in [6, 6.07) is 7.20. The number of carbonyl (C=O) groups excluding carboxylic acids is 1. The van der Waals surface area contributed by atoms with Crippen molar-refractivity contribution in [2.75, 3.05) is 19.8 Å². The third kappa shape index (κ3) is 5.47. The first-order chi connectivity index (χ1) is 12.2. The number of rotatable bonds is 7. The Morgan fingerprint density at radius 2 is 2.00 bits per heavy atom. The Balaban J connectivity index is 1.85. The third-order valence-corrected chi connectivity index (χ3v) is 8.05. The summed E-state index contributed by atoms with van der Waals surface area (Å²) in [4.78, 5) is 12.5. The second kappa shape index (κ2) is 9.24. The molecule has 1 saturated carbocycles. The van der Waals surface area contributed by atoms with Crippen LogP contribution in [-0.2, 0) is 20.6 Å². The van der Waals surface area contributed by atoms with Crippen molar-refractivity contribution in [3.8, 4) is 0 Å². The van der Waals surface area contributed by atoms with Crippen molar-refractivity contribution in [1.82, 2.24) is 9.62 Å². The molecule has 0 spiro atoms. The maximum absolute atomic E-state index is 12.2. The van der Waals surface area contributed by atoms with Crippen LogP contribution >= 0.6 is 11.8 Å². The van der Waals surface area contributed by atoms with Crippen LogP contribution in [0.2, 0.25) is 0 Å². The van der Waals surface area contributed by atoms with Crippen LogP contribution in [0.3, 0.4) is 0 Å². The Kier molecular flexibility index (Phi) is 7.55. The highest BCUT2D eigenvalue weighted by molar-refractivity contribution is 7.99. The fourth-order valence-electron chi connectivity index (χ4n) is 3.30. The lowest BCUT2D eigenvalue weighted by Gasteiger charge is -2.34. The Hall–Kier alpha value is -1.05. The molecule has 146 valence electrons. The van der Waals surface area contributed by atoms with Crippen molar-refractivity contribution in [3.05, 3.63) is 29.8 Å². The minimum absolute atomic E-state index is 0.0676. The molecule has 3 unspecified atom stereocenters. The van der Waals surface area contributed by atoms with E-state index in [1.165, 1.54) is 43.0 Å². The van der Waals surface area contributed by atoms with Gasteiger partial charge in [0.25, 0.3) is 0 Å². The van der Waals surface area contributed by atoms with Crippen LogP contribution in [0.15, 0.2) is 29.2 Å². The van der Waals surface area contributed by atoms with E-state index in [0.29, 0.717) is 23.3 Å². The van der Waals surface area contributed by atoms with Crippen molar-refractivity contribution in [2.45, 2.75) is 49.8 Å². The molecular weight excluding hydrogens is 368 g/mol. The van der Waals surface area contributed by atoms with Crippen LogP contribution < -0.4 is 5.32 Å². The van der Waals surface area contributed by atoms with E-state index >= 15 is 0 Å². The van der Waals surface area contributed by atoms with Crippen molar-refractivity contribution in [3.63, 3.8) is 0 Å². The zero-order valence-corrected chi connectivity index (χ0v) is 17.7. The molecule has 1 fully saturated rings. The maximum atomic E-state index is 12.2. The summed E-state index contributed by atoms with van der Waals surface area (Å²) in [6.45, 7) is 4.48. The van der Waals surface area contributed by atoms with E-state index in [0.717, 1.165) is 12.0 Å². The van der Waals surface area contributed by atoms with Gasteiger partial charge in [0.1, 0.15) is 0 Å². The van der Waals surface area contributed by atoms with Crippen LogP contribution in [0.25, 0.3) is 0 Å². The first kappa shape index (κ1) is 21.3. The standard InChI is InChI=1S/C19H30N2O3S2/c1-14-7-5-10-18(15(14)2)20-19(22)13-25-12-16-8-6-9-17(11-16)26(23,24)21(3)4/h6,8-9,11,14-15,18H,5,7,10,12-13H2,1-4H3,(H,20,22). The quantitative estimate of drug-likeness (QED) is 0.766. The van der Waals surface area contributed by atoms with Gasteiger partial charge in [-0.2, -0.15) is 0 Å². The molecule has 3 atom stereocenters. The molecule has 1 N–H and O–H groups in total. The van der Waals surface area contributed by atoms with E-state index in [2.05, 4.69) is 19.2 Å². The van der Waals surface area contributed by atoms with Crippen LogP contribution in [-0.4, -0.2) is 44.5 Å². The van der Waals surface area contributed by atoms with Gasteiger partial charge in [-0.05, 0) is 36.0 Å². The van der Waals surface area contributed by atoms with Gasteiger partial charge in [-0.25, -0.2) is 12.7 Å². The zero-order valence-electron chi connectivity index (χ0n) is 16.1. The average Bonchev–Trinajstić information content (AvgIpc) is 2.59. The van der Waals surface area contributed by atoms with E-state index in [9.17, 15) is 13.2 Å². The average molecular weight is 399 g/mol. The normalized spacial score (nSPS) is 23.8. The molecule has 0 heterocycles. The first-order valence-corrected chi connectivity index (χ1v) is 11.7. The van der Waals surface area contributed by atoms with Crippen molar-refractivity contribution >= 4 is 27.7 Å². The SMILES string of the molecule is CC1CCCC(NC(=O)CSCc2cccc(S(=O)(=O)N(C)C)c2)C1C. The number of hydrogen-bond acceptors (Lipinski definition) is 4. The molecule has 1 aromatic carbocycles. The second-order valence-corrected chi connectivity index (χ2v) is 10.5. The Labute approximate surface area is 162 Å². The summed E-state index contributed by atoms with van der Waals surface area (Å²) in [5.74, 6) is 2.25. The summed E-state index contributed by atoms with van der Waals surface area (Å²) >= 11 is 1.51. The minimum atomic E-state index is -3.43. The number of benzene rings is 1. The van der Waals surface area contributed by atoms with Crippen molar-refractivity contribution < 1.29 is 13.2 Å². The molecule has 1 aliphatic rings. The summed E-state index contributed by atoms with van der Waals surface area (Å²) < 4.78 is 25.6. The number of nitrogens with zero attached hydrogens (tertiary/aromatic N) is 1. The predicted molar refractivity (Wildman–Crippen MR) is 108 cm³/mol. The Bertz CT molecular complexity index is 719. The van der Waals surface area contributed by atoms with Crippen LogP contribution in [0, 0.1) is 11.8 Å². The molecule has 1 amide bonds. The fraction of sp³-hybridized carbons (Fsp3) is 0.632. The van der Waals surface area contributed by atoms with E-state index in [4.69, 9.17) is 0 Å². The van der Waals surface area contributed by atoms with Gasteiger partial charge in [-0.1, -0.05) is 38.8 Å². The monoisotopic (exact) mass is 398 g/mol. The Morgan fingerprint density at radius 3 is 2.69 bits per heavy atom. The molecule has 26 heavy (non-hydrogen) atoms. The molecule has 1 aromatic rings. The minimum Gasteiger partial charge on any atom is -0.352 e. The number of carbonyl (C=O) groups is 1. The number of hydrogen-bond donors (Lipinski definition) is 1. The van der Waals surface area contributed by atoms with Crippen molar-refractivity contribution in [1.29, 1.82) is 0 Å². The number of thioether (sulfide) groups is 1. The van der Waals surface area contributed by atoms with Gasteiger partial charge < -0.3 is 5.32 Å². The van der Waals surface area contributed by atoms with Gasteiger partial charge in [0.2, 0.25) is 15.9 Å². The zero-order chi connectivity index (χ0) is 19.3. The molecule has 0 radical (unpaired) electrons. The number of amides is 1. The number of nitrogens with one attached hydrogen (secondary N) is 1. The van der Waals surface area contributed by atoms with E-state index in [-0.39, 0.29) is 16.8 Å². The van der Waals surface area contributed by atoms with Gasteiger partial charge >= 0.3 is 0 Å².